The summed E-state index contributed by atoms with van der Waals surface area (Å²) in [7, 11) is 0. The van der Waals surface area contributed by atoms with Crippen molar-refractivity contribution in [1.29, 1.82) is 0 Å². The number of benzene rings is 1. The summed E-state index contributed by atoms with van der Waals surface area (Å²) in [6.07, 6.45) is 0.908. The van der Waals surface area contributed by atoms with Gasteiger partial charge in [-0.2, -0.15) is 0 Å². The molecule has 1 aromatic carbocycles. The fourth-order valence-electron chi connectivity index (χ4n) is 1.17. The molecule has 0 radical (unpaired) electrons. The van der Waals surface area contributed by atoms with E-state index in [2.05, 4.69) is 21.2 Å². The summed E-state index contributed by atoms with van der Waals surface area (Å²) in [5, 5.41) is 12.4. The van der Waals surface area contributed by atoms with E-state index in [9.17, 15) is 4.79 Å². The van der Waals surface area contributed by atoms with E-state index in [1.807, 2.05) is 6.92 Å². The van der Waals surface area contributed by atoms with Gasteiger partial charge in [0.15, 0.2) is 0 Å². The van der Waals surface area contributed by atoms with E-state index in [0.717, 1.165) is 6.42 Å². The first kappa shape index (κ1) is 12.3. The van der Waals surface area contributed by atoms with E-state index in [0.29, 0.717) is 21.7 Å². The number of halogens is 2. The second-order valence-electron chi connectivity index (χ2n) is 3.04. The minimum absolute atomic E-state index is 0.183. The van der Waals surface area contributed by atoms with Crippen molar-refractivity contribution in [2.75, 3.05) is 11.9 Å². The summed E-state index contributed by atoms with van der Waals surface area (Å²) in [6.45, 7) is 2.70. The van der Waals surface area contributed by atoms with Gasteiger partial charge in [-0.05, 0) is 18.6 Å². The lowest BCUT2D eigenvalue weighted by Crippen LogP contribution is -2.07. The molecule has 2 N–H and O–H groups in total. The Kier molecular flexibility index (Phi) is 4.42. The van der Waals surface area contributed by atoms with E-state index in [4.69, 9.17) is 16.7 Å². The van der Waals surface area contributed by atoms with E-state index in [1.54, 1.807) is 6.07 Å². The molecule has 0 unspecified atom stereocenters. The van der Waals surface area contributed by atoms with Crippen molar-refractivity contribution in [3.63, 3.8) is 0 Å². The second-order valence-corrected chi connectivity index (χ2v) is 4.36. The van der Waals surface area contributed by atoms with Crippen molar-refractivity contribution in [2.24, 2.45) is 0 Å². The zero-order valence-corrected chi connectivity index (χ0v) is 10.5. The highest BCUT2D eigenvalue weighted by Crippen LogP contribution is 2.30. The summed E-state index contributed by atoms with van der Waals surface area (Å²) in [6, 6.07) is 3.21. The minimum Gasteiger partial charge on any atom is -0.478 e. The van der Waals surface area contributed by atoms with Crippen molar-refractivity contribution >= 4 is 39.2 Å². The highest BCUT2D eigenvalue weighted by molar-refractivity contribution is 9.10. The van der Waals surface area contributed by atoms with Gasteiger partial charge >= 0.3 is 5.97 Å². The molecule has 15 heavy (non-hydrogen) atoms. The number of anilines is 1. The van der Waals surface area contributed by atoms with Gasteiger partial charge in [0.2, 0.25) is 0 Å². The average Bonchev–Trinajstić information content (AvgIpc) is 2.15. The van der Waals surface area contributed by atoms with Crippen LogP contribution in [0.25, 0.3) is 0 Å². The standard InChI is InChI=1S/C10H11BrClNO2/c1-2-3-13-9-7(10(14)15)4-6(11)5-8(9)12/h4-5,13H,2-3H2,1H3,(H,14,15). The molecule has 3 nitrogen and oxygen atoms in total. The first-order valence-corrected chi connectivity index (χ1v) is 5.69. The van der Waals surface area contributed by atoms with Gasteiger partial charge in [-0.1, -0.05) is 34.5 Å². The lowest BCUT2D eigenvalue weighted by molar-refractivity contribution is 0.0698. The van der Waals surface area contributed by atoms with Gasteiger partial charge in [0, 0.05) is 11.0 Å². The van der Waals surface area contributed by atoms with Crippen LogP contribution in [0.1, 0.15) is 23.7 Å². The van der Waals surface area contributed by atoms with Crippen LogP contribution < -0.4 is 5.32 Å². The Balaban J connectivity index is 3.15. The summed E-state index contributed by atoms with van der Waals surface area (Å²) in [5.74, 6) is -0.989. The van der Waals surface area contributed by atoms with Crippen molar-refractivity contribution < 1.29 is 9.90 Å². The third kappa shape index (κ3) is 3.11. The van der Waals surface area contributed by atoms with E-state index in [-0.39, 0.29) is 5.56 Å². The van der Waals surface area contributed by atoms with E-state index < -0.39 is 5.97 Å². The number of aromatic carboxylic acids is 1. The fourth-order valence-corrected chi connectivity index (χ4v) is 2.05. The zero-order chi connectivity index (χ0) is 11.4. The Morgan fingerprint density at radius 2 is 2.27 bits per heavy atom. The fraction of sp³-hybridized carbons (Fsp3) is 0.300. The number of carboxylic acid groups (broad SMARTS) is 1. The molecule has 0 spiro atoms. The Bertz CT molecular complexity index is 382. The van der Waals surface area contributed by atoms with Crippen LogP contribution in [0, 0.1) is 0 Å². The summed E-state index contributed by atoms with van der Waals surface area (Å²) >= 11 is 9.17. The number of carbonyl (C=O) groups is 1. The second kappa shape index (κ2) is 5.37. The molecular weight excluding hydrogens is 281 g/mol. The molecule has 82 valence electrons. The summed E-state index contributed by atoms with van der Waals surface area (Å²) in [4.78, 5) is 11.0. The summed E-state index contributed by atoms with van der Waals surface area (Å²) < 4.78 is 0.659. The number of rotatable bonds is 4. The molecule has 0 saturated carbocycles. The molecule has 0 saturated heterocycles. The van der Waals surface area contributed by atoms with Crippen LogP contribution in [-0.4, -0.2) is 17.6 Å². The predicted octanol–water partition coefficient (Wildman–Crippen LogP) is 3.62. The Hall–Kier alpha value is -0.740. The maximum Gasteiger partial charge on any atom is 0.337 e. The van der Waals surface area contributed by atoms with E-state index in [1.165, 1.54) is 6.07 Å². The first-order valence-electron chi connectivity index (χ1n) is 4.52. The highest BCUT2D eigenvalue weighted by Gasteiger charge is 2.14. The molecular formula is C10H11BrClNO2. The minimum atomic E-state index is -0.989. The molecule has 0 heterocycles. The van der Waals surface area contributed by atoms with Crippen molar-refractivity contribution in [3.8, 4) is 0 Å². The lowest BCUT2D eigenvalue weighted by Gasteiger charge is -2.11. The number of hydrogen-bond donors (Lipinski definition) is 2. The quantitative estimate of drug-likeness (QED) is 0.891. The Labute approximate surface area is 102 Å². The molecule has 0 aliphatic rings. The molecule has 5 heteroatoms. The molecule has 0 atom stereocenters. The number of hydrogen-bond acceptors (Lipinski definition) is 2. The molecule has 0 amide bonds. The monoisotopic (exact) mass is 291 g/mol. The lowest BCUT2D eigenvalue weighted by atomic mass is 10.1. The van der Waals surface area contributed by atoms with Gasteiger partial charge in [-0.3, -0.25) is 0 Å². The van der Waals surface area contributed by atoms with Crippen molar-refractivity contribution in [1.82, 2.24) is 0 Å². The Morgan fingerprint density at radius 1 is 1.60 bits per heavy atom. The normalized spacial score (nSPS) is 10.1. The number of carboxylic acids is 1. The van der Waals surface area contributed by atoms with Crippen LogP contribution in [0.4, 0.5) is 5.69 Å². The van der Waals surface area contributed by atoms with Crippen LogP contribution in [0.2, 0.25) is 5.02 Å². The van der Waals surface area contributed by atoms with Gasteiger partial charge in [0.1, 0.15) is 0 Å². The first-order chi connectivity index (χ1) is 7.06. The maximum atomic E-state index is 11.0. The molecule has 0 fully saturated rings. The van der Waals surface area contributed by atoms with Gasteiger partial charge < -0.3 is 10.4 Å². The van der Waals surface area contributed by atoms with Gasteiger partial charge in [0.25, 0.3) is 0 Å². The van der Waals surface area contributed by atoms with Gasteiger partial charge in [-0.15, -0.1) is 0 Å². The zero-order valence-electron chi connectivity index (χ0n) is 8.18. The highest BCUT2D eigenvalue weighted by atomic mass is 79.9. The van der Waals surface area contributed by atoms with Crippen molar-refractivity contribution in [2.45, 2.75) is 13.3 Å². The molecule has 0 aliphatic heterocycles. The van der Waals surface area contributed by atoms with E-state index >= 15 is 0 Å². The smallest absolute Gasteiger partial charge is 0.337 e. The van der Waals surface area contributed by atoms with Gasteiger partial charge in [0.05, 0.1) is 16.3 Å². The van der Waals surface area contributed by atoms with Crippen LogP contribution in [0.5, 0.6) is 0 Å². The van der Waals surface area contributed by atoms with Crippen LogP contribution >= 0.6 is 27.5 Å². The number of nitrogens with one attached hydrogen (secondary N) is 1. The molecule has 1 rings (SSSR count). The maximum absolute atomic E-state index is 11.0. The third-order valence-corrected chi connectivity index (χ3v) is 2.59. The Morgan fingerprint density at radius 3 is 2.80 bits per heavy atom. The summed E-state index contributed by atoms with van der Waals surface area (Å²) in [5.41, 5.74) is 0.664. The molecule has 1 aromatic rings. The van der Waals surface area contributed by atoms with Crippen LogP contribution in [0.15, 0.2) is 16.6 Å². The molecule has 0 bridgehead atoms. The van der Waals surface area contributed by atoms with Crippen LogP contribution in [0.3, 0.4) is 0 Å². The topological polar surface area (TPSA) is 49.3 Å². The predicted molar refractivity (Wildman–Crippen MR) is 64.9 cm³/mol. The average molecular weight is 293 g/mol. The van der Waals surface area contributed by atoms with Crippen molar-refractivity contribution in [3.05, 3.63) is 27.2 Å². The molecule has 0 aliphatic carbocycles. The van der Waals surface area contributed by atoms with Crippen LogP contribution in [-0.2, 0) is 0 Å². The SMILES string of the molecule is CCCNc1c(Cl)cc(Br)cc1C(=O)O. The van der Waals surface area contributed by atoms with Gasteiger partial charge in [-0.25, -0.2) is 4.79 Å². The third-order valence-electron chi connectivity index (χ3n) is 1.84. The molecule has 0 aromatic heterocycles. The largest absolute Gasteiger partial charge is 0.478 e.